The number of benzene rings is 1. The van der Waals surface area contributed by atoms with Gasteiger partial charge >= 0.3 is 11.7 Å². The van der Waals surface area contributed by atoms with E-state index in [4.69, 9.17) is 10.9 Å². The van der Waals surface area contributed by atoms with Crippen LogP contribution < -0.4 is 11.3 Å². The fourth-order valence-corrected chi connectivity index (χ4v) is 1.60. The van der Waals surface area contributed by atoms with Crippen LogP contribution in [0.3, 0.4) is 0 Å². The summed E-state index contributed by atoms with van der Waals surface area (Å²) in [4.78, 5) is 33.1. The van der Waals surface area contributed by atoms with E-state index in [9.17, 15) is 25.0 Å². The molecule has 0 radical (unpaired) electrons. The maximum Gasteiger partial charge on any atom is 0.328 e. The average Bonchev–Trinajstić information content (AvgIpc) is 3.01. The van der Waals surface area contributed by atoms with Crippen molar-refractivity contribution in [3.63, 3.8) is 0 Å². The summed E-state index contributed by atoms with van der Waals surface area (Å²) >= 11 is 0. The fraction of sp³-hybridized carbons (Fsp3) is 0.273. The number of carbonyl (C=O) groups is 1. The zero-order chi connectivity index (χ0) is 16.7. The standard InChI is InChI=1S/C6H6N4O4.C5H7NO2.ClH/c7-8-5-2-1-4(9(11)12)3-6(5)10(13)14;7-5(8)4-2-1-3-6-4;/h1-3,8H,7H2;3-4H,1-2H2,(H,7,8);1H. The quantitative estimate of drug-likeness (QED) is 0.417. The molecule has 4 N–H and O–H groups in total. The van der Waals surface area contributed by atoms with Crippen LogP contribution in [-0.2, 0) is 4.79 Å². The van der Waals surface area contributed by atoms with Crippen molar-refractivity contribution < 1.29 is 19.7 Å². The lowest BCUT2D eigenvalue weighted by Crippen LogP contribution is -2.13. The number of nitrogen functional groups attached to an aromatic ring is 1. The third-order valence-electron chi connectivity index (χ3n) is 2.68. The number of nitro groups is 2. The summed E-state index contributed by atoms with van der Waals surface area (Å²) in [6.45, 7) is 0. The van der Waals surface area contributed by atoms with Crippen LogP contribution >= 0.6 is 12.4 Å². The molecule has 0 saturated heterocycles. The molecule has 1 aromatic rings. The van der Waals surface area contributed by atoms with Crippen molar-refractivity contribution in [2.45, 2.75) is 18.9 Å². The van der Waals surface area contributed by atoms with E-state index in [0.717, 1.165) is 18.6 Å². The van der Waals surface area contributed by atoms with Crippen LogP contribution in [0.15, 0.2) is 23.2 Å². The van der Waals surface area contributed by atoms with E-state index in [-0.39, 0.29) is 23.8 Å². The molecule has 11 nitrogen and oxygen atoms in total. The lowest BCUT2D eigenvalue weighted by Gasteiger charge is -2.00. The molecule has 126 valence electrons. The van der Waals surface area contributed by atoms with E-state index >= 15 is 0 Å². The van der Waals surface area contributed by atoms with Gasteiger partial charge in [-0.3, -0.25) is 31.1 Å². The highest BCUT2D eigenvalue weighted by molar-refractivity contribution is 5.85. The molecule has 0 fully saturated rings. The average molecular weight is 348 g/mol. The number of halogens is 1. The SMILES string of the molecule is Cl.NNc1ccc([N+](=O)[O-])cc1[N+](=O)[O-].O=C(O)C1CCC=N1. The summed E-state index contributed by atoms with van der Waals surface area (Å²) < 4.78 is 0. The van der Waals surface area contributed by atoms with Crippen molar-refractivity contribution in [3.05, 3.63) is 38.4 Å². The molecule has 0 aliphatic carbocycles. The summed E-state index contributed by atoms with van der Waals surface area (Å²) in [5.41, 5.74) is 1.33. The smallest absolute Gasteiger partial charge is 0.328 e. The zero-order valence-corrected chi connectivity index (χ0v) is 12.4. The second-order valence-corrected chi connectivity index (χ2v) is 4.12. The molecule has 0 bridgehead atoms. The van der Waals surface area contributed by atoms with Crippen LogP contribution in [0.2, 0.25) is 0 Å². The Balaban J connectivity index is 0.000000460. The number of aliphatic imine (C=N–C) groups is 1. The third kappa shape index (κ3) is 5.84. The van der Waals surface area contributed by atoms with E-state index in [1.165, 1.54) is 6.07 Å². The Kier molecular flexibility index (Phi) is 8.15. The van der Waals surface area contributed by atoms with Gasteiger partial charge in [0.15, 0.2) is 0 Å². The summed E-state index contributed by atoms with van der Waals surface area (Å²) in [7, 11) is 0. The van der Waals surface area contributed by atoms with Crippen LogP contribution in [0.25, 0.3) is 0 Å². The largest absolute Gasteiger partial charge is 0.480 e. The highest BCUT2D eigenvalue weighted by Crippen LogP contribution is 2.27. The minimum absolute atomic E-state index is 0. The van der Waals surface area contributed by atoms with Gasteiger partial charge in [-0.1, -0.05) is 0 Å². The van der Waals surface area contributed by atoms with E-state index in [0.29, 0.717) is 6.42 Å². The van der Waals surface area contributed by atoms with Crippen molar-refractivity contribution in [3.8, 4) is 0 Å². The molecule has 1 atom stereocenters. The minimum atomic E-state index is -0.807. The van der Waals surface area contributed by atoms with E-state index in [1.807, 2.05) is 0 Å². The van der Waals surface area contributed by atoms with Gasteiger partial charge in [-0.2, -0.15) is 0 Å². The first-order valence-corrected chi connectivity index (χ1v) is 6.00. The number of anilines is 1. The first kappa shape index (κ1) is 20.2. The first-order chi connectivity index (χ1) is 10.4. The number of nitrogens with one attached hydrogen (secondary N) is 1. The van der Waals surface area contributed by atoms with Crippen LogP contribution in [0.1, 0.15) is 12.8 Å². The molecule has 0 amide bonds. The number of nitro benzene ring substituents is 2. The molecule has 0 aromatic heterocycles. The van der Waals surface area contributed by atoms with Gasteiger partial charge in [-0.25, -0.2) is 4.79 Å². The molecule has 1 aliphatic heterocycles. The van der Waals surface area contributed by atoms with Gasteiger partial charge in [0.2, 0.25) is 0 Å². The lowest BCUT2D eigenvalue weighted by molar-refractivity contribution is -0.393. The highest BCUT2D eigenvalue weighted by Gasteiger charge is 2.18. The van der Waals surface area contributed by atoms with Crippen molar-refractivity contribution in [1.29, 1.82) is 0 Å². The monoisotopic (exact) mass is 347 g/mol. The van der Waals surface area contributed by atoms with Gasteiger partial charge in [-0.05, 0) is 25.1 Å². The Morgan fingerprint density at radius 3 is 2.35 bits per heavy atom. The van der Waals surface area contributed by atoms with E-state index < -0.39 is 27.5 Å². The van der Waals surface area contributed by atoms with Gasteiger partial charge in [0.25, 0.3) is 5.69 Å². The predicted molar refractivity (Wildman–Crippen MR) is 84.0 cm³/mol. The highest BCUT2D eigenvalue weighted by atomic mass is 35.5. The Morgan fingerprint density at radius 2 is 2.00 bits per heavy atom. The lowest BCUT2D eigenvalue weighted by atomic mass is 10.2. The summed E-state index contributed by atoms with van der Waals surface area (Å²) in [6.07, 6.45) is 3.16. The zero-order valence-electron chi connectivity index (χ0n) is 11.6. The van der Waals surface area contributed by atoms with Crippen LogP contribution in [-0.4, -0.2) is 33.2 Å². The molecular weight excluding hydrogens is 334 g/mol. The molecular formula is C11H14ClN5O6. The molecule has 0 saturated carbocycles. The molecule has 2 rings (SSSR count). The third-order valence-corrected chi connectivity index (χ3v) is 2.68. The summed E-state index contributed by atoms with van der Waals surface area (Å²) in [5, 5.41) is 29.0. The number of hydrazine groups is 1. The number of rotatable bonds is 4. The van der Waals surface area contributed by atoms with Gasteiger partial charge in [-0.15, -0.1) is 12.4 Å². The van der Waals surface area contributed by atoms with Crippen molar-refractivity contribution in [1.82, 2.24) is 0 Å². The number of non-ortho nitro benzene ring substituents is 1. The summed E-state index contributed by atoms with van der Waals surface area (Å²) in [5.74, 6) is 4.18. The number of hydrogen-bond acceptors (Lipinski definition) is 8. The molecule has 23 heavy (non-hydrogen) atoms. The Hall–Kier alpha value is -2.79. The molecule has 1 aliphatic rings. The number of aliphatic carboxylic acids is 1. The Labute approximate surface area is 135 Å². The van der Waals surface area contributed by atoms with E-state index in [2.05, 4.69) is 10.4 Å². The Morgan fingerprint density at radius 1 is 1.35 bits per heavy atom. The molecule has 1 aromatic carbocycles. The maximum atomic E-state index is 10.4. The number of nitrogens with two attached hydrogens (primary N) is 1. The number of hydrogen-bond donors (Lipinski definition) is 3. The fourth-order valence-electron chi connectivity index (χ4n) is 1.60. The topological polar surface area (TPSA) is 174 Å². The van der Waals surface area contributed by atoms with Gasteiger partial charge in [0.1, 0.15) is 11.7 Å². The van der Waals surface area contributed by atoms with E-state index in [1.54, 1.807) is 6.21 Å². The van der Waals surface area contributed by atoms with Gasteiger partial charge < -0.3 is 10.5 Å². The van der Waals surface area contributed by atoms with Crippen LogP contribution in [0, 0.1) is 20.2 Å². The first-order valence-electron chi connectivity index (χ1n) is 6.00. The van der Waals surface area contributed by atoms with Crippen molar-refractivity contribution in [2.75, 3.05) is 5.43 Å². The van der Waals surface area contributed by atoms with Gasteiger partial charge in [0, 0.05) is 6.07 Å². The van der Waals surface area contributed by atoms with Crippen molar-refractivity contribution >= 4 is 41.7 Å². The summed E-state index contributed by atoms with van der Waals surface area (Å²) in [6, 6.07) is 2.70. The van der Waals surface area contributed by atoms with Gasteiger partial charge in [0.05, 0.1) is 15.9 Å². The second kappa shape index (κ2) is 9.27. The minimum Gasteiger partial charge on any atom is -0.480 e. The second-order valence-electron chi connectivity index (χ2n) is 4.12. The molecule has 1 heterocycles. The number of nitrogens with zero attached hydrogens (tertiary/aromatic N) is 3. The number of carboxylic acids is 1. The molecule has 12 heteroatoms. The maximum absolute atomic E-state index is 10.4. The Bertz CT molecular complexity index is 623. The van der Waals surface area contributed by atoms with Crippen LogP contribution in [0.5, 0.6) is 0 Å². The van der Waals surface area contributed by atoms with Crippen molar-refractivity contribution in [2.24, 2.45) is 10.8 Å². The molecule has 1 unspecified atom stereocenters. The molecule has 0 spiro atoms. The predicted octanol–water partition coefficient (Wildman–Crippen LogP) is 1.51. The normalized spacial score (nSPS) is 14.9. The van der Waals surface area contributed by atoms with Crippen LogP contribution in [0.4, 0.5) is 17.1 Å². The number of carboxylic acid groups (broad SMARTS) is 1.